The van der Waals surface area contributed by atoms with Gasteiger partial charge >= 0.3 is 0 Å². The largest absolute Gasteiger partial charge is 0.340 e. The second kappa shape index (κ2) is 4.97. The van der Waals surface area contributed by atoms with Gasteiger partial charge in [0.2, 0.25) is 0 Å². The lowest BCUT2D eigenvalue weighted by Gasteiger charge is -2.24. The highest BCUT2D eigenvalue weighted by Gasteiger charge is 2.37. The van der Waals surface area contributed by atoms with E-state index in [-0.39, 0.29) is 5.91 Å². The van der Waals surface area contributed by atoms with Crippen LogP contribution in [-0.2, 0) is 0 Å². The SMILES string of the molecule is CC(C)n1cc(Br)cc1C(=O)N(CC1CC1)C1CC1. The molecule has 2 aliphatic rings. The first-order chi connectivity index (χ1) is 9.06. The molecule has 0 radical (unpaired) electrons. The summed E-state index contributed by atoms with van der Waals surface area (Å²) in [6.45, 7) is 5.20. The van der Waals surface area contributed by atoms with Gasteiger partial charge in [-0.25, -0.2) is 0 Å². The van der Waals surface area contributed by atoms with Crippen molar-refractivity contribution in [1.82, 2.24) is 9.47 Å². The molecule has 0 spiro atoms. The Kier molecular flexibility index (Phi) is 3.46. The van der Waals surface area contributed by atoms with Gasteiger partial charge in [0.05, 0.1) is 0 Å². The average Bonchev–Trinajstić information content (AvgIpc) is 3.24. The van der Waals surface area contributed by atoms with E-state index in [0.29, 0.717) is 12.1 Å². The summed E-state index contributed by atoms with van der Waals surface area (Å²) in [6.07, 6.45) is 6.97. The number of aromatic nitrogens is 1. The molecule has 1 amide bonds. The van der Waals surface area contributed by atoms with E-state index < -0.39 is 0 Å². The van der Waals surface area contributed by atoms with E-state index in [1.165, 1.54) is 25.7 Å². The summed E-state index contributed by atoms with van der Waals surface area (Å²) >= 11 is 3.49. The van der Waals surface area contributed by atoms with E-state index in [1.807, 2.05) is 12.3 Å². The Morgan fingerprint density at radius 1 is 1.42 bits per heavy atom. The van der Waals surface area contributed by atoms with Crippen molar-refractivity contribution in [3.8, 4) is 0 Å². The van der Waals surface area contributed by atoms with E-state index in [0.717, 1.165) is 22.6 Å². The zero-order chi connectivity index (χ0) is 13.6. The quantitative estimate of drug-likeness (QED) is 0.807. The van der Waals surface area contributed by atoms with Crippen LogP contribution in [0.4, 0.5) is 0 Å². The normalized spacial score (nSPS) is 18.9. The van der Waals surface area contributed by atoms with E-state index in [1.54, 1.807) is 0 Å². The zero-order valence-electron chi connectivity index (χ0n) is 11.6. The molecule has 1 aromatic rings. The van der Waals surface area contributed by atoms with Gasteiger partial charge in [0.15, 0.2) is 0 Å². The first-order valence-corrected chi connectivity index (χ1v) is 8.04. The Morgan fingerprint density at radius 2 is 2.11 bits per heavy atom. The molecule has 4 heteroatoms. The topological polar surface area (TPSA) is 25.2 Å². The minimum absolute atomic E-state index is 0.216. The van der Waals surface area contributed by atoms with Gasteiger partial charge in [-0.2, -0.15) is 0 Å². The van der Waals surface area contributed by atoms with E-state index in [4.69, 9.17) is 0 Å². The maximum Gasteiger partial charge on any atom is 0.270 e. The average molecular weight is 325 g/mol. The van der Waals surface area contributed by atoms with Gasteiger partial charge < -0.3 is 9.47 Å². The second-order valence-corrected chi connectivity index (χ2v) is 7.09. The van der Waals surface area contributed by atoms with Crippen LogP contribution >= 0.6 is 15.9 Å². The first-order valence-electron chi connectivity index (χ1n) is 7.24. The van der Waals surface area contributed by atoms with Gasteiger partial charge in [0, 0.05) is 29.3 Å². The van der Waals surface area contributed by atoms with Crippen LogP contribution < -0.4 is 0 Å². The summed E-state index contributed by atoms with van der Waals surface area (Å²) in [5, 5.41) is 0. The summed E-state index contributed by atoms with van der Waals surface area (Å²) in [6, 6.07) is 2.78. The molecular formula is C15H21BrN2O. The molecular weight excluding hydrogens is 304 g/mol. The molecule has 0 saturated heterocycles. The number of rotatable bonds is 5. The Hall–Kier alpha value is -0.770. The van der Waals surface area contributed by atoms with E-state index >= 15 is 0 Å². The van der Waals surface area contributed by atoms with Crippen LogP contribution in [0.3, 0.4) is 0 Å². The highest BCUT2D eigenvalue weighted by molar-refractivity contribution is 9.10. The van der Waals surface area contributed by atoms with Crippen molar-refractivity contribution in [3.05, 3.63) is 22.4 Å². The summed E-state index contributed by atoms with van der Waals surface area (Å²) < 4.78 is 3.07. The number of amides is 1. The first kappa shape index (κ1) is 13.2. The third kappa shape index (κ3) is 2.88. The molecule has 1 heterocycles. The fourth-order valence-electron chi connectivity index (χ4n) is 2.55. The van der Waals surface area contributed by atoms with Crippen molar-refractivity contribution in [2.45, 2.75) is 51.6 Å². The molecule has 2 aliphatic carbocycles. The molecule has 0 aliphatic heterocycles. The van der Waals surface area contributed by atoms with Gasteiger partial charge in [0.25, 0.3) is 5.91 Å². The molecule has 0 N–H and O–H groups in total. The Balaban J connectivity index is 1.84. The fourth-order valence-corrected chi connectivity index (χ4v) is 2.99. The Labute approximate surface area is 123 Å². The van der Waals surface area contributed by atoms with Crippen molar-refractivity contribution >= 4 is 21.8 Å². The summed E-state index contributed by atoms with van der Waals surface area (Å²) in [5.41, 5.74) is 0.828. The summed E-state index contributed by atoms with van der Waals surface area (Å²) in [7, 11) is 0. The maximum absolute atomic E-state index is 12.8. The smallest absolute Gasteiger partial charge is 0.270 e. The van der Waals surface area contributed by atoms with Crippen molar-refractivity contribution in [2.75, 3.05) is 6.54 Å². The van der Waals surface area contributed by atoms with Crippen LogP contribution in [0.1, 0.15) is 56.1 Å². The predicted octanol–water partition coefficient (Wildman–Crippen LogP) is 3.85. The molecule has 0 unspecified atom stereocenters. The summed E-state index contributed by atoms with van der Waals surface area (Å²) in [5.74, 6) is 0.976. The third-order valence-electron chi connectivity index (χ3n) is 3.99. The van der Waals surface area contributed by atoms with Crippen molar-refractivity contribution in [2.24, 2.45) is 5.92 Å². The predicted molar refractivity (Wildman–Crippen MR) is 79.3 cm³/mol. The molecule has 3 nitrogen and oxygen atoms in total. The molecule has 2 fully saturated rings. The fraction of sp³-hybridized carbons (Fsp3) is 0.667. The number of carbonyl (C=O) groups is 1. The number of carbonyl (C=O) groups excluding carboxylic acids is 1. The lowest BCUT2D eigenvalue weighted by Crippen LogP contribution is -2.36. The minimum atomic E-state index is 0.216. The van der Waals surface area contributed by atoms with Crippen LogP contribution in [0.25, 0.3) is 0 Å². The molecule has 0 atom stereocenters. The Morgan fingerprint density at radius 3 is 2.63 bits per heavy atom. The third-order valence-corrected chi connectivity index (χ3v) is 4.42. The van der Waals surface area contributed by atoms with E-state index in [2.05, 4.69) is 39.2 Å². The lowest BCUT2D eigenvalue weighted by molar-refractivity contribution is 0.0722. The van der Waals surface area contributed by atoms with Gasteiger partial charge in [0.1, 0.15) is 5.69 Å². The van der Waals surface area contributed by atoms with E-state index in [9.17, 15) is 4.79 Å². The van der Waals surface area contributed by atoms with Crippen molar-refractivity contribution in [3.63, 3.8) is 0 Å². The molecule has 0 bridgehead atoms. The number of nitrogens with zero attached hydrogens (tertiary/aromatic N) is 2. The van der Waals surface area contributed by atoms with Crippen LogP contribution in [0.15, 0.2) is 16.7 Å². The molecule has 0 aromatic carbocycles. The van der Waals surface area contributed by atoms with Crippen LogP contribution in [0.2, 0.25) is 0 Å². The van der Waals surface area contributed by atoms with Crippen LogP contribution in [0, 0.1) is 5.92 Å². The monoisotopic (exact) mass is 324 g/mol. The standard InChI is InChI=1S/C15H21BrN2O/c1-10(2)17-9-12(16)7-14(17)15(19)18(13-5-6-13)8-11-3-4-11/h7,9-11,13H,3-6,8H2,1-2H3. The highest BCUT2D eigenvalue weighted by atomic mass is 79.9. The van der Waals surface area contributed by atoms with Crippen LogP contribution in [0.5, 0.6) is 0 Å². The highest BCUT2D eigenvalue weighted by Crippen LogP contribution is 2.36. The summed E-state index contributed by atoms with van der Waals surface area (Å²) in [4.78, 5) is 14.9. The van der Waals surface area contributed by atoms with Gasteiger partial charge in [-0.15, -0.1) is 0 Å². The van der Waals surface area contributed by atoms with Gasteiger partial charge in [-0.1, -0.05) is 0 Å². The molecule has 3 rings (SSSR count). The van der Waals surface area contributed by atoms with Crippen LogP contribution in [-0.4, -0.2) is 28.0 Å². The Bertz CT molecular complexity index is 486. The molecule has 2 saturated carbocycles. The number of hydrogen-bond donors (Lipinski definition) is 0. The van der Waals surface area contributed by atoms with Gasteiger partial charge in [-0.05, 0) is 67.4 Å². The van der Waals surface area contributed by atoms with Crippen molar-refractivity contribution < 1.29 is 4.79 Å². The molecule has 19 heavy (non-hydrogen) atoms. The lowest BCUT2D eigenvalue weighted by atomic mass is 10.2. The minimum Gasteiger partial charge on any atom is -0.340 e. The second-order valence-electron chi connectivity index (χ2n) is 6.18. The van der Waals surface area contributed by atoms with Crippen molar-refractivity contribution in [1.29, 1.82) is 0 Å². The van der Waals surface area contributed by atoms with Gasteiger partial charge in [-0.3, -0.25) is 4.79 Å². The molecule has 1 aromatic heterocycles. The number of hydrogen-bond acceptors (Lipinski definition) is 1. The zero-order valence-corrected chi connectivity index (χ0v) is 13.2. The number of halogens is 1. The molecule has 104 valence electrons. The maximum atomic E-state index is 12.8.